The summed E-state index contributed by atoms with van der Waals surface area (Å²) in [5, 5.41) is 33.6. The topological polar surface area (TPSA) is 159 Å². The van der Waals surface area contributed by atoms with Crippen molar-refractivity contribution < 1.29 is 24.9 Å². The van der Waals surface area contributed by atoms with Crippen molar-refractivity contribution >= 4 is 11.8 Å². The molecule has 3 aromatic carbocycles. The van der Waals surface area contributed by atoms with Gasteiger partial charge in [0.15, 0.2) is 0 Å². The number of carbonyl (C=O) groups is 2. The van der Waals surface area contributed by atoms with Crippen molar-refractivity contribution in [3.8, 4) is 5.75 Å². The quantitative estimate of drug-likeness (QED) is 0.175. The second-order valence-corrected chi connectivity index (χ2v) is 9.76. The molecule has 0 spiro atoms. The van der Waals surface area contributed by atoms with Crippen molar-refractivity contribution in [1.82, 2.24) is 5.32 Å². The molecule has 0 saturated carbocycles. The summed E-state index contributed by atoms with van der Waals surface area (Å²) in [5.41, 5.74) is 14.4. The highest BCUT2D eigenvalue weighted by atomic mass is 16.3. The summed E-state index contributed by atoms with van der Waals surface area (Å²) in [6.45, 7) is 0. The number of phenols is 1. The largest absolute Gasteiger partial charge is 0.508 e. The Hall–Kier alpha value is -3.98. The number of aliphatic hydroxyl groups excluding tert-OH is 2. The molecule has 39 heavy (non-hydrogen) atoms. The predicted molar refractivity (Wildman–Crippen MR) is 150 cm³/mol. The highest BCUT2D eigenvalue weighted by molar-refractivity contribution is 5.88. The Morgan fingerprint density at radius 3 is 1.87 bits per heavy atom. The second-order valence-electron chi connectivity index (χ2n) is 9.76. The SMILES string of the molecule is NC(=O)[C@H](Cc1ccccc1)NC(=O)[C@H](Cc1ccccc1)[C@H](O)/C=C/[C@H](O)C[C@H](N)Cc1ccc(O)cc1. The number of hydrogen-bond acceptors (Lipinski definition) is 6. The molecule has 5 atom stereocenters. The van der Waals surface area contributed by atoms with E-state index in [0.717, 1.165) is 16.7 Å². The van der Waals surface area contributed by atoms with Gasteiger partial charge in [0.25, 0.3) is 0 Å². The number of primary amides is 1. The van der Waals surface area contributed by atoms with Gasteiger partial charge in [-0.1, -0.05) is 84.9 Å². The maximum atomic E-state index is 13.3. The van der Waals surface area contributed by atoms with Crippen LogP contribution in [0.2, 0.25) is 0 Å². The summed E-state index contributed by atoms with van der Waals surface area (Å²) in [7, 11) is 0. The first-order valence-corrected chi connectivity index (χ1v) is 13.0. The summed E-state index contributed by atoms with van der Waals surface area (Å²) in [6, 6.07) is 23.8. The Labute approximate surface area is 229 Å². The molecule has 8 N–H and O–H groups in total. The molecule has 206 valence electrons. The fourth-order valence-corrected chi connectivity index (χ4v) is 4.37. The number of hydrogen-bond donors (Lipinski definition) is 6. The number of aliphatic hydroxyl groups is 2. The van der Waals surface area contributed by atoms with Gasteiger partial charge in [0.2, 0.25) is 11.8 Å². The Bertz CT molecular complexity index is 1200. The number of phenolic OH excluding ortho intramolecular Hbond substituents is 1. The maximum absolute atomic E-state index is 13.3. The first-order valence-electron chi connectivity index (χ1n) is 13.0. The lowest BCUT2D eigenvalue weighted by atomic mass is 9.91. The second kappa shape index (κ2) is 14.8. The van der Waals surface area contributed by atoms with Crippen LogP contribution in [0.25, 0.3) is 0 Å². The Balaban J connectivity index is 1.67. The minimum absolute atomic E-state index is 0.167. The summed E-state index contributed by atoms with van der Waals surface area (Å²) >= 11 is 0. The van der Waals surface area contributed by atoms with E-state index in [-0.39, 0.29) is 31.1 Å². The van der Waals surface area contributed by atoms with Gasteiger partial charge in [0.1, 0.15) is 11.8 Å². The number of aromatic hydroxyl groups is 1. The summed E-state index contributed by atoms with van der Waals surface area (Å²) < 4.78 is 0. The fraction of sp³-hybridized carbons (Fsp3) is 0.290. The number of nitrogens with one attached hydrogen (secondary N) is 1. The Morgan fingerprint density at radius 2 is 1.31 bits per heavy atom. The smallest absolute Gasteiger partial charge is 0.240 e. The Kier molecular flexibility index (Phi) is 11.2. The molecule has 0 aromatic heterocycles. The lowest BCUT2D eigenvalue weighted by Crippen LogP contribution is -2.50. The third kappa shape index (κ3) is 10.0. The molecule has 8 heteroatoms. The fourth-order valence-electron chi connectivity index (χ4n) is 4.37. The third-order valence-corrected chi connectivity index (χ3v) is 6.50. The van der Waals surface area contributed by atoms with Gasteiger partial charge in [-0.3, -0.25) is 9.59 Å². The Morgan fingerprint density at radius 1 is 0.769 bits per heavy atom. The van der Waals surface area contributed by atoms with Crippen LogP contribution in [0.1, 0.15) is 23.1 Å². The monoisotopic (exact) mass is 531 g/mol. The maximum Gasteiger partial charge on any atom is 0.240 e. The molecule has 0 heterocycles. The number of rotatable bonds is 14. The van der Waals surface area contributed by atoms with Gasteiger partial charge in [0.05, 0.1) is 18.1 Å². The lowest BCUT2D eigenvalue weighted by molar-refractivity contribution is -0.131. The van der Waals surface area contributed by atoms with Crippen LogP contribution in [0, 0.1) is 5.92 Å². The van der Waals surface area contributed by atoms with Gasteiger partial charge >= 0.3 is 0 Å². The molecule has 2 amide bonds. The minimum Gasteiger partial charge on any atom is -0.508 e. The van der Waals surface area contributed by atoms with Gasteiger partial charge in [-0.25, -0.2) is 0 Å². The summed E-state index contributed by atoms with van der Waals surface area (Å²) in [6.07, 6.45) is 1.82. The predicted octanol–water partition coefficient (Wildman–Crippen LogP) is 2.00. The summed E-state index contributed by atoms with van der Waals surface area (Å²) in [4.78, 5) is 25.5. The first kappa shape index (κ1) is 29.6. The molecular weight excluding hydrogens is 494 g/mol. The molecule has 0 aliphatic rings. The normalized spacial score (nSPS) is 15.3. The highest BCUT2D eigenvalue weighted by Crippen LogP contribution is 2.17. The van der Waals surface area contributed by atoms with Crippen LogP contribution in [-0.2, 0) is 28.9 Å². The molecule has 0 aliphatic carbocycles. The molecule has 8 nitrogen and oxygen atoms in total. The molecule has 3 aromatic rings. The molecule has 0 fully saturated rings. The van der Waals surface area contributed by atoms with E-state index < -0.39 is 36.0 Å². The van der Waals surface area contributed by atoms with Crippen molar-refractivity contribution in [2.75, 3.05) is 0 Å². The number of benzene rings is 3. The van der Waals surface area contributed by atoms with Crippen molar-refractivity contribution in [3.63, 3.8) is 0 Å². The van der Waals surface area contributed by atoms with E-state index in [9.17, 15) is 24.9 Å². The zero-order valence-corrected chi connectivity index (χ0v) is 21.8. The first-order chi connectivity index (χ1) is 18.7. The van der Waals surface area contributed by atoms with E-state index in [2.05, 4.69) is 5.32 Å². The van der Waals surface area contributed by atoms with Crippen molar-refractivity contribution in [2.24, 2.45) is 17.4 Å². The zero-order chi connectivity index (χ0) is 28.2. The van der Waals surface area contributed by atoms with Crippen LogP contribution in [0.4, 0.5) is 0 Å². The molecular formula is C31H37N3O5. The molecule has 0 aliphatic heterocycles. The molecule has 0 radical (unpaired) electrons. The summed E-state index contributed by atoms with van der Waals surface area (Å²) in [5.74, 6) is -1.96. The minimum atomic E-state index is -1.24. The number of nitrogens with two attached hydrogens (primary N) is 2. The van der Waals surface area contributed by atoms with E-state index in [4.69, 9.17) is 11.5 Å². The van der Waals surface area contributed by atoms with Crippen LogP contribution in [0.5, 0.6) is 5.75 Å². The van der Waals surface area contributed by atoms with Gasteiger partial charge < -0.3 is 32.1 Å². The number of carbonyl (C=O) groups excluding carboxylic acids is 2. The van der Waals surface area contributed by atoms with Gasteiger partial charge in [0, 0.05) is 12.5 Å². The average Bonchev–Trinajstić information content (AvgIpc) is 2.92. The zero-order valence-electron chi connectivity index (χ0n) is 21.8. The van der Waals surface area contributed by atoms with Crippen LogP contribution >= 0.6 is 0 Å². The van der Waals surface area contributed by atoms with Crippen molar-refractivity contribution in [2.45, 2.75) is 50.0 Å². The van der Waals surface area contributed by atoms with Crippen molar-refractivity contribution in [1.29, 1.82) is 0 Å². The van der Waals surface area contributed by atoms with E-state index in [1.807, 2.05) is 60.7 Å². The number of amides is 2. The van der Waals surface area contributed by atoms with E-state index in [1.165, 1.54) is 12.2 Å². The average molecular weight is 532 g/mol. The van der Waals surface area contributed by atoms with Crippen molar-refractivity contribution in [3.05, 3.63) is 114 Å². The molecule has 0 unspecified atom stereocenters. The van der Waals surface area contributed by atoms with Crippen LogP contribution in [0.3, 0.4) is 0 Å². The van der Waals surface area contributed by atoms with Crippen LogP contribution < -0.4 is 16.8 Å². The lowest BCUT2D eigenvalue weighted by Gasteiger charge is -2.24. The highest BCUT2D eigenvalue weighted by Gasteiger charge is 2.29. The van der Waals surface area contributed by atoms with Crippen LogP contribution in [-0.4, -0.2) is 51.4 Å². The van der Waals surface area contributed by atoms with Gasteiger partial charge in [-0.05, 0) is 48.1 Å². The van der Waals surface area contributed by atoms with E-state index in [0.29, 0.717) is 6.42 Å². The van der Waals surface area contributed by atoms with Gasteiger partial charge in [-0.15, -0.1) is 0 Å². The van der Waals surface area contributed by atoms with Gasteiger partial charge in [-0.2, -0.15) is 0 Å². The molecule has 0 saturated heterocycles. The molecule has 0 bridgehead atoms. The van der Waals surface area contributed by atoms with E-state index in [1.54, 1.807) is 24.3 Å². The molecule has 3 rings (SSSR count). The third-order valence-electron chi connectivity index (χ3n) is 6.50. The standard InChI is InChI=1S/C31H37N3O5/c32-24(17-23-11-13-25(35)14-12-23)20-26(36)15-16-29(37)27(18-21-7-3-1-4-8-21)31(39)34-28(30(33)38)19-22-9-5-2-6-10-22/h1-16,24,26-29,35-37H,17-20,32H2,(H2,33,38)(H,34,39)/b16-15+/t24-,26+,27-,28+,29-/m1/s1. The van der Waals surface area contributed by atoms with Crippen LogP contribution in [0.15, 0.2) is 97.1 Å². The van der Waals surface area contributed by atoms with E-state index >= 15 is 0 Å².